The number of rotatable bonds is 9. The van der Waals surface area contributed by atoms with Crippen molar-refractivity contribution in [2.24, 2.45) is 0 Å². The van der Waals surface area contributed by atoms with E-state index in [4.69, 9.17) is 9.26 Å². The molecule has 0 aliphatic carbocycles. The highest BCUT2D eigenvalue weighted by Gasteiger charge is 2.10. The first-order chi connectivity index (χ1) is 10.3. The molecule has 1 aromatic heterocycles. The topological polar surface area (TPSA) is 51.4 Å². The third-order valence-electron chi connectivity index (χ3n) is 3.32. The monoisotopic (exact) mass is 289 g/mol. The van der Waals surface area contributed by atoms with E-state index < -0.39 is 0 Å². The number of aryl methyl sites for hydroxylation is 2. The Bertz CT molecular complexity index is 513. The van der Waals surface area contributed by atoms with Crippen LogP contribution in [0.25, 0.3) is 0 Å². The summed E-state index contributed by atoms with van der Waals surface area (Å²) >= 11 is 0. The lowest BCUT2D eigenvalue weighted by atomic mass is 10.1. The highest BCUT2D eigenvalue weighted by molar-refractivity contribution is 5.14. The van der Waals surface area contributed by atoms with Crippen LogP contribution in [0.1, 0.15) is 23.7 Å². The Hall–Kier alpha value is -1.72. The Morgan fingerprint density at radius 1 is 1.19 bits per heavy atom. The fourth-order valence-electron chi connectivity index (χ4n) is 2.24. The van der Waals surface area contributed by atoms with E-state index >= 15 is 0 Å². The Balaban J connectivity index is 1.81. The third-order valence-corrected chi connectivity index (χ3v) is 3.32. The van der Waals surface area contributed by atoms with Gasteiger partial charge in [-0.2, -0.15) is 4.98 Å². The molecule has 5 heteroatoms. The molecule has 5 nitrogen and oxygen atoms in total. The molecule has 0 aliphatic rings. The Labute approximate surface area is 125 Å². The minimum absolute atomic E-state index is 0.670. The summed E-state index contributed by atoms with van der Waals surface area (Å²) in [5, 5.41) is 3.83. The smallest absolute Gasteiger partial charge is 0.240 e. The quantitative estimate of drug-likeness (QED) is 0.710. The van der Waals surface area contributed by atoms with Crippen LogP contribution >= 0.6 is 0 Å². The maximum Gasteiger partial charge on any atom is 0.240 e. The molecule has 0 aliphatic heterocycles. The van der Waals surface area contributed by atoms with Crippen LogP contribution in [0.4, 0.5) is 0 Å². The highest BCUT2D eigenvalue weighted by atomic mass is 16.5. The van der Waals surface area contributed by atoms with Gasteiger partial charge in [0.2, 0.25) is 5.89 Å². The Morgan fingerprint density at radius 2 is 2.00 bits per heavy atom. The van der Waals surface area contributed by atoms with Crippen LogP contribution in [0, 0.1) is 6.92 Å². The number of nitrogens with zero attached hydrogens (tertiary/aromatic N) is 3. The molecule has 2 rings (SSSR count). The summed E-state index contributed by atoms with van der Waals surface area (Å²) in [6.07, 6.45) is 2.17. The lowest BCUT2D eigenvalue weighted by Crippen LogP contribution is -2.28. The molecule has 1 heterocycles. The van der Waals surface area contributed by atoms with Crippen LogP contribution in [0.3, 0.4) is 0 Å². The zero-order valence-corrected chi connectivity index (χ0v) is 12.8. The molecule has 21 heavy (non-hydrogen) atoms. The van der Waals surface area contributed by atoms with E-state index in [1.807, 2.05) is 13.0 Å². The van der Waals surface area contributed by atoms with Gasteiger partial charge in [0.15, 0.2) is 5.82 Å². The standard InChI is InChI=1S/C16H23N3O2/c1-14-17-16(21-18-14)13-19(11-12-20-2)10-6-9-15-7-4-3-5-8-15/h3-5,7-8H,6,9-13H2,1-2H3. The zero-order chi connectivity index (χ0) is 14.9. The van der Waals surface area contributed by atoms with Gasteiger partial charge in [0.1, 0.15) is 0 Å². The average Bonchev–Trinajstić information content (AvgIpc) is 2.91. The maximum absolute atomic E-state index is 5.20. The number of aromatic nitrogens is 2. The molecular formula is C16H23N3O2. The molecule has 0 unspecified atom stereocenters. The second-order valence-electron chi connectivity index (χ2n) is 5.09. The fourth-order valence-corrected chi connectivity index (χ4v) is 2.24. The van der Waals surface area contributed by atoms with E-state index in [-0.39, 0.29) is 0 Å². The first-order valence-corrected chi connectivity index (χ1v) is 7.32. The van der Waals surface area contributed by atoms with Crippen molar-refractivity contribution >= 4 is 0 Å². The van der Waals surface area contributed by atoms with Gasteiger partial charge in [-0.25, -0.2) is 0 Å². The predicted octanol–water partition coefficient (Wildman–Crippen LogP) is 2.46. The van der Waals surface area contributed by atoms with Crippen molar-refractivity contribution in [1.29, 1.82) is 0 Å². The molecule has 0 atom stereocenters. The van der Waals surface area contributed by atoms with Gasteiger partial charge in [0, 0.05) is 13.7 Å². The average molecular weight is 289 g/mol. The van der Waals surface area contributed by atoms with Crippen LogP contribution in [-0.4, -0.2) is 41.8 Å². The minimum atomic E-state index is 0.670. The third kappa shape index (κ3) is 5.65. The zero-order valence-electron chi connectivity index (χ0n) is 12.8. The second-order valence-corrected chi connectivity index (χ2v) is 5.09. The van der Waals surface area contributed by atoms with Crippen LogP contribution < -0.4 is 0 Å². The van der Waals surface area contributed by atoms with E-state index in [9.17, 15) is 0 Å². The van der Waals surface area contributed by atoms with Crippen molar-refractivity contribution in [3.8, 4) is 0 Å². The molecule has 0 radical (unpaired) electrons. The van der Waals surface area contributed by atoms with Crippen molar-refractivity contribution in [2.45, 2.75) is 26.3 Å². The lowest BCUT2D eigenvalue weighted by Gasteiger charge is -2.19. The Kier molecular flexibility index (Phi) is 6.37. The van der Waals surface area contributed by atoms with Crippen molar-refractivity contribution in [2.75, 3.05) is 26.8 Å². The molecule has 2 aromatic rings. The lowest BCUT2D eigenvalue weighted by molar-refractivity contribution is 0.135. The molecule has 114 valence electrons. The molecule has 0 bridgehead atoms. The van der Waals surface area contributed by atoms with Crippen LogP contribution in [0.5, 0.6) is 0 Å². The molecule has 0 saturated carbocycles. The highest BCUT2D eigenvalue weighted by Crippen LogP contribution is 2.07. The van der Waals surface area contributed by atoms with E-state index in [1.165, 1.54) is 5.56 Å². The molecule has 1 aromatic carbocycles. The van der Waals surface area contributed by atoms with Gasteiger partial charge in [-0.3, -0.25) is 4.90 Å². The van der Waals surface area contributed by atoms with Gasteiger partial charge in [-0.05, 0) is 31.9 Å². The van der Waals surface area contributed by atoms with Gasteiger partial charge >= 0.3 is 0 Å². The Morgan fingerprint density at radius 3 is 2.67 bits per heavy atom. The molecular weight excluding hydrogens is 266 g/mol. The van der Waals surface area contributed by atoms with Gasteiger partial charge in [-0.1, -0.05) is 35.5 Å². The number of ether oxygens (including phenoxy) is 1. The normalized spacial score (nSPS) is 11.2. The van der Waals surface area contributed by atoms with Crippen molar-refractivity contribution in [1.82, 2.24) is 15.0 Å². The van der Waals surface area contributed by atoms with E-state index in [1.54, 1.807) is 7.11 Å². The van der Waals surface area contributed by atoms with Crippen LogP contribution in [0.15, 0.2) is 34.9 Å². The fraction of sp³-hybridized carbons (Fsp3) is 0.500. The first-order valence-electron chi connectivity index (χ1n) is 7.32. The van der Waals surface area contributed by atoms with Crippen molar-refractivity contribution < 1.29 is 9.26 Å². The summed E-state index contributed by atoms with van der Waals surface area (Å²) in [7, 11) is 1.72. The van der Waals surface area contributed by atoms with Gasteiger partial charge in [0.25, 0.3) is 0 Å². The summed E-state index contributed by atoms with van der Waals surface area (Å²) in [6.45, 7) is 5.08. The largest absolute Gasteiger partial charge is 0.383 e. The molecule has 0 fully saturated rings. The van der Waals surface area contributed by atoms with Gasteiger partial charge in [-0.15, -0.1) is 0 Å². The number of benzene rings is 1. The second kappa shape index (κ2) is 8.54. The van der Waals surface area contributed by atoms with Crippen molar-refractivity contribution in [3.63, 3.8) is 0 Å². The van der Waals surface area contributed by atoms with Crippen LogP contribution in [0.2, 0.25) is 0 Å². The number of methoxy groups -OCH3 is 1. The summed E-state index contributed by atoms with van der Waals surface area (Å²) in [5.41, 5.74) is 1.37. The molecule has 0 amide bonds. The predicted molar refractivity (Wildman–Crippen MR) is 81.0 cm³/mol. The summed E-state index contributed by atoms with van der Waals surface area (Å²) in [6, 6.07) is 10.5. The number of hydrogen-bond donors (Lipinski definition) is 0. The molecule has 0 spiro atoms. The SMILES string of the molecule is COCCN(CCCc1ccccc1)Cc1nc(C)no1. The summed E-state index contributed by atoms with van der Waals surface area (Å²) < 4.78 is 10.4. The maximum atomic E-state index is 5.20. The summed E-state index contributed by atoms with van der Waals surface area (Å²) in [5.74, 6) is 1.35. The van der Waals surface area contributed by atoms with Crippen LogP contribution in [-0.2, 0) is 17.7 Å². The number of hydrogen-bond acceptors (Lipinski definition) is 5. The van der Waals surface area contributed by atoms with E-state index in [2.05, 4.69) is 39.3 Å². The summed E-state index contributed by atoms with van der Waals surface area (Å²) in [4.78, 5) is 6.56. The molecule has 0 saturated heterocycles. The van der Waals surface area contributed by atoms with Gasteiger partial charge < -0.3 is 9.26 Å². The molecule has 0 N–H and O–H groups in total. The van der Waals surface area contributed by atoms with Gasteiger partial charge in [0.05, 0.1) is 13.2 Å². The minimum Gasteiger partial charge on any atom is -0.383 e. The van der Waals surface area contributed by atoms with E-state index in [0.717, 1.165) is 25.9 Å². The first kappa shape index (κ1) is 15.7. The van der Waals surface area contributed by atoms with E-state index in [0.29, 0.717) is 24.9 Å². The van der Waals surface area contributed by atoms with Crippen molar-refractivity contribution in [3.05, 3.63) is 47.6 Å².